The molecule has 0 spiro atoms. The third kappa shape index (κ3) is 5.56. The van der Waals surface area contributed by atoms with Crippen molar-refractivity contribution in [3.63, 3.8) is 0 Å². The highest BCUT2D eigenvalue weighted by Gasteiger charge is 2.17. The molecule has 56 heavy (non-hydrogen) atoms. The Bertz CT molecular complexity index is 3200. The second-order valence-electron chi connectivity index (χ2n) is 14.0. The number of furan rings is 1. The van der Waals surface area contributed by atoms with Gasteiger partial charge in [0.2, 0.25) is 0 Å². The van der Waals surface area contributed by atoms with Crippen molar-refractivity contribution in [2.24, 2.45) is 0 Å². The maximum absolute atomic E-state index is 6.49. The Morgan fingerprint density at radius 1 is 0.321 bits per heavy atom. The molecule has 11 aromatic rings. The van der Waals surface area contributed by atoms with Gasteiger partial charge in [-0.15, -0.1) is 11.3 Å². The molecule has 0 aliphatic heterocycles. The van der Waals surface area contributed by atoms with Gasteiger partial charge in [0.1, 0.15) is 11.2 Å². The molecule has 0 unspecified atom stereocenters. The molecule has 8 aromatic carbocycles. The number of hydrogen-bond donors (Lipinski definition) is 0. The average molecular weight is 734 g/mol. The molecule has 0 fully saturated rings. The van der Waals surface area contributed by atoms with E-state index in [1.54, 1.807) is 0 Å². The number of thiophene rings is 1. The molecular weight excluding hydrogens is 703 g/mol. The average Bonchev–Trinajstić information content (AvgIpc) is 3.85. The summed E-state index contributed by atoms with van der Waals surface area (Å²) in [6.45, 7) is 0. The fourth-order valence-electron chi connectivity index (χ4n) is 7.89. The van der Waals surface area contributed by atoms with Crippen LogP contribution in [-0.4, -0.2) is 15.0 Å². The minimum absolute atomic E-state index is 0.622. The van der Waals surface area contributed by atoms with Crippen molar-refractivity contribution in [1.29, 1.82) is 0 Å². The molecule has 3 heterocycles. The number of fused-ring (bicyclic) bond motifs is 6. The van der Waals surface area contributed by atoms with Crippen LogP contribution in [0.2, 0.25) is 0 Å². The van der Waals surface area contributed by atoms with E-state index >= 15 is 0 Å². The molecule has 5 heteroatoms. The van der Waals surface area contributed by atoms with E-state index in [4.69, 9.17) is 19.4 Å². The van der Waals surface area contributed by atoms with Crippen molar-refractivity contribution in [2.75, 3.05) is 0 Å². The molecule has 0 amide bonds. The van der Waals surface area contributed by atoms with Crippen molar-refractivity contribution in [3.05, 3.63) is 188 Å². The summed E-state index contributed by atoms with van der Waals surface area (Å²) in [6, 6.07) is 65.7. The number of benzene rings is 8. The first-order valence-electron chi connectivity index (χ1n) is 18.7. The van der Waals surface area contributed by atoms with E-state index in [1.165, 1.54) is 31.3 Å². The van der Waals surface area contributed by atoms with Gasteiger partial charge in [0, 0.05) is 47.6 Å². The van der Waals surface area contributed by atoms with Crippen molar-refractivity contribution >= 4 is 53.4 Å². The van der Waals surface area contributed by atoms with Crippen LogP contribution >= 0.6 is 11.3 Å². The van der Waals surface area contributed by atoms with Gasteiger partial charge >= 0.3 is 0 Å². The van der Waals surface area contributed by atoms with Gasteiger partial charge in [-0.2, -0.15) is 0 Å². The second kappa shape index (κ2) is 13.3. The topological polar surface area (TPSA) is 51.8 Å². The first kappa shape index (κ1) is 32.2. The lowest BCUT2D eigenvalue weighted by Gasteiger charge is -2.10. The summed E-state index contributed by atoms with van der Waals surface area (Å²) in [5.74, 6) is 1.90. The molecule has 0 radical (unpaired) electrons. The number of hydrogen-bond acceptors (Lipinski definition) is 5. The van der Waals surface area contributed by atoms with Crippen LogP contribution in [0.3, 0.4) is 0 Å². The van der Waals surface area contributed by atoms with Crippen molar-refractivity contribution in [3.8, 4) is 67.5 Å². The lowest BCUT2D eigenvalue weighted by Crippen LogP contribution is -2.00. The van der Waals surface area contributed by atoms with E-state index in [0.29, 0.717) is 17.5 Å². The molecule has 0 saturated carbocycles. The van der Waals surface area contributed by atoms with Gasteiger partial charge in [0.25, 0.3) is 0 Å². The number of rotatable bonds is 6. The van der Waals surface area contributed by atoms with E-state index in [-0.39, 0.29) is 0 Å². The summed E-state index contributed by atoms with van der Waals surface area (Å²) < 4.78 is 9.11. The van der Waals surface area contributed by atoms with Crippen LogP contribution in [0.25, 0.3) is 110 Å². The van der Waals surface area contributed by atoms with E-state index in [2.05, 4.69) is 127 Å². The normalized spacial score (nSPS) is 11.6. The van der Waals surface area contributed by atoms with Gasteiger partial charge in [-0.3, -0.25) is 0 Å². The van der Waals surface area contributed by atoms with E-state index < -0.39 is 0 Å². The number of nitrogens with zero attached hydrogens (tertiary/aromatic N) is 3. The number of aromatic nitrogens is 3. The second-order valence-corrected chi connectivity index (χ2v) is 15.1. The highest BCUT2D eigenvalue weighted by atomic mass is 32.1. The van der Waals surface area contributed by atoms with Gasteiger partial charge in [-0.1, -0.05) is 146 Å². The summed E-state index contributed by atoms with van der Waals surface area (Å²) in [6.07, 6.45) is 0. The fraction of sp³-hybridized carbons (Fsp3) is 0. The monoisotopic (exact) mass is 733 g/mol. The fourth-order valence-corrected chi connectivity index (χ4v) is 9.02. The Morgan fingerprint density at radius 3 is 1.57 bits per heavy atom. The van der Waals surface area contributed by atoms with Gasteiger partial charge in [-0.25, -0.2) is 15.0 Å². The van der Waals surface area contributed by atoms with Crippen molar-refractivity contribution in [1.82, 2.24) is 15.0 Å². The molecule has 262 valence electrons. The maximum Gasteiger partial charge on any atom is 0.164 e. The molecule has 0 aliphatic rings. The zero-order valence-corrected chi connectivity index (χ0v) is 30.9. The Hall–Kier alpha value is -7.21. The highest BCUT2D eigenvalue weighted by Crippen LogP contribution is 2.42. The Kier molecular flexibility index (Phi) is 7.64. The van der Waals surface area contributed by atoms with Crippen LogP contribution in [0.15, 0.2) is 192 Å². The molecule has 11 rings (SSSR count). The standard InChI is InChI=1S/C51H31N3OS/c1-3-13-32(14-4-1)49-52-50(33-15-5-2-6-16-33)54-51(53-49)38-20-10-19-37(30-38)39-22-11-24-44-47(39)42-31-35(27-28-43(42)55-44)34-17-9-18-36(29-34)40-23-12-26-46-48(40)41-21-7-8-25-45(41)56-46/h1-31H. The summed E-state index contributed by atoms with van der Waals surface area (Å²) in [7, 11) is 0. The van der Waals surface area contributed by atoms with E-state index in [1.807, 2.05) is 72.0 Å². The highest BCUT2D eigenvalue weighted by molar-refractivity contribution is 7.25. The quantitative estimate of drug-likeness (QED) is 0.171. The Balaban J connectivity index is 1.02. The lowest BCUT2D eigenvalue weighted by molar-refractivity contribution is 0.669. The summed E-state index contributed by atoms with van der Waals surface area (Å²) in [4.78, 5) is 14.9. The van der Waals surface area contributed by atoms with Crippen LogP contribution in [0.4, 0.5) is 0 Å². The van der Waals surface area contributed by atoms with Gasteiger partial charge in [0.15, 0.2) is 17.5 Å². The minimum atomic E-state index is 0.622. The van der Waals surface area contributed by atoms with Gasteiger partial charge < -0.3 is 4.42 Å². The summed E-state index contributed by atoms with van der Waals surface area (Å²) >= 11 is 1.85. The van der Waals surface area contributed by atoms with Gasteiger partial charge in [0.05, 0.1) is 0 Å². The summed E-state index contributed by atoms with van der Waals surface area (Å²) in [5.41, 5.74) is 11.4. The third-order valence-corrected chi connectivity index (χ3v) is 11.7. The zero-order valence-electron chi connectivity index (χ0n) is 30.1. The predicted molar refractivity (Wildman–Crippen MR) is 233 cm³/mol. The SMILES string of the molecule is c1ccc(-c2nc(-c3ccccc3)nc(-c3cccc(-c4cccc5oc6ccc(-c7cccc(-c8cccc9sc%10ccccc%10c89)c7)cc6c45)c3)n2)cc1. The van der Waals surface area contributed by atoms with Crippen LogP contribution in [0.5, 0.6) is 0 Å². The van der Waals surface area contributed by atoms with Crippen molar-refractivity contribution in [2.45, 2.75) is 0 Å². The first-order chi connectivity index (χ1) is 27.7. The molecule has 0 saturated heterocycles. The molecule has 0 N–H and O–H groups in total. The summed E-state index contributed by atoms with van der Waals surface area (Å²) in [5, 5.41) is 4.78. The van der Waals surface area contributed by atoms with Crippen LogP contribution in [0, 0.1) is 0 Å². The lowest BCUT2D eigenvalue weighted by atomic mass is 9.94. The van der Waals surface area contributed by atoms with Crippen LogP contribution in [-0.2, 0) is 0 Å². The molecule has 4 nitrogen and oxygen atoms in total. The maximum atomic E-state index is 6.49. The first-order valence-corrected chi connectivity index (χ1v) is 19.5. The molecule has 0 bridgehead atoms. The zero-order chi connectivity index (χ0) is 37.0. The molecule has 0 aliphatic carbocycles. The smallest absolute Gasteiger partial charge is 0.164 e. The molecule has 0 atom stereocenters. The predicted octanol–water partition coefficient (Wildman–Crippen LogP) is 14.1. The van der Waals surface area contributed by atoms with Crippen molar-refractivity contribution < 1.29 is 4.42 Å². The Labute approximate surface area is 327 Å². The third-order valence-electron chi connectivity index (χ3n) is 10.5. The van der Waals surface area contributed by atoms with Crippen LogP contribution in [0.1, 0.15) is 0 Å². The van der Waals surface area contributed by atoms with Crippen LogP contribution < -0.4 is 0 Å². The molecule has 3 aromatic heterocycles. The van der Waals surface area contributed by atoms with E-state index in [9.17, 15) is 0 Å². The Morgan fingerprint density at radius 2 is 0.839 bits per heavy atom. The van der Waals surface area contributed by atoms with Gasteiger partial charge in [-0.05, 0) is 75.8 Å². The van der Waals surface area contributed by atoms with E-state index in [0.717, 1.165) is 60.9 Å². The minimum Gasteiger partial charge on any atom is -0.456 e. The molecular formula is C51H31N3OS. The largest absolute Gasteiger partial charge is 0.456 e.